The van der Waals surface area contributed by atoms with E-state index >= 15 is 0 Å². The van der Waals surface area contributed by atoms with Gasteiger partial charge in [-0.1, -0.05) is 19.3 Å². The van der Waals surface area contributed by atoms with Crippen LogP contribution >= 0.6 is 11.5 Å². The monoisotopic (exact) mass is 308 g/mol. The molecule has 0 unspecified atom stereocenters. The van der Waals surface area contributed by atoms with Gasteiger partial charge in [-0.3, -0.25) is 4.79 Å². The molecule has 5 nitrogen and oxygen atoms in total. The standard InChI is InChI=1S/C15H24N4OS/c1-2-19(11-6-4-3-5-7-11)15-12(13(16)18-21-15)14(20)17-10-8-9-10/h10-11H,2-9H2,1H3,(H2,16,18)(H,17,20). The molecule has 3 N–H and O–H groups in total. The summed E-state index contributed by atoms with van der Waals surface area (Å²) in [5.74, 6) is 0.329. The zero-order valence-corrected chi connectivity index (χ0v) is 13.4. The fourth-order valence-electron chi connectivity index (χ4n) is 3.15. The smallest absolute Gasteiger partial charge is 0.258 e. The molecule has 0 aromatic carbocycles. The van der Waals surface area contributed by atoms with Crippen molar-refractivity contribution in [3.05, 3.63) is 5.56 Å². The number of nitrogens with two attached hydrogens (primary N) is 1. The zero-order valence-electron chi connectivity index (χ0n) is 12.6. The maximum atomic E-state index is 12.4. The van der Waals surface area contributed by atoms with Crippen molar-refractivity contribution in [3.8, 4) is 0 Å². The minimum atomic E-state index is -0.0481. The lowest BCUT2D eigenvalue weighted by molar-refractivity contribution is 0.0952. The molecule has 2 fully saturated rings. The molecule has 1 aromatic rings. The van der Waals surface area contributed by atoms with Crippen LogP contribution in [0.15, 0.2) is 0 Å². The van der Waals surface area contributed by atoms with Crippen LogP contribution in [0.5, 0.6) is 0 Å². The number of anilines is 2. The van der Waals surface area contributed by atoms with Crippen molar-refractivity contribution < 1.29 is 4.79 Å². The fourth-order valence-corrected chi connectivity index (χ4v) is 4.10. The quantitative estimate of drug-likeness (QED) is 0.877. The predicted octanol–water partition coefficient (Wildman–Crippen LogP) is 2.78. The summed E-state index contributed by atoms with van der Waals surface area (Å²) in [6.45, 7) is 3.04. The van der Waals surface area contributed by atoms with E-state index in [1.54, 1.807) is 0 Å². The molecule has 0 bridgehead atoms. The molecule has 1 heterocycles. The summed E-state index contributed by atoms with van der Waals surface area (Å²) in [4.78, 5) is 14.8. The first kappa shape index (κ1) is 14.6. The Balaban J connectivity index is 1.83. The molecule has 0 atom stereocenters. The van der Waals surface area contributed by atoms with Crippen LogP contribution in [0.3, 0.4) is 0 Å². The van der Waals surface area contributed by atoms with Crippen LogP contribution in [-0.2, 0) is 0 Å². The van der Waals surface area contributed by atoms with Gasteiger partial charge in [0.05, 0.1) is 0 Å². The van der Waals surface area contributed by atoms with Gasteiger partial charge in [-0.05, 0) is 44.1 Å². The van der Waals surface area contributed by atoms with E-state index in [9.17, 15) is 4.79 Å². The summed E-state index contributed by atoms with van der Waals surface area (Å²) in [6, 6.07) is 0.866. The molecule has 2 aliphatic rings. The third-order valence-electron chi connectivity index (χ3n) is 4.46. The summed E-state index contributed by atoms with van der Waals surface area (Å²) in [7, 11) is 0. The molecule has 1 aromatic heterocycles. The topological polar surface area (TPSA) is 71.2 Å². The Bertz CT molecular complexity index is 506. The number of hydrogen-bond donors (Lipinski definition) is 2. The lowest BCUT2D eigenvalue weighted by atomic mass is 9.94. The van der Waals surface area contributed by atoms with E-state index in [0.717, 1.165) is 24.4 Å². The minimum Gasteiger partial charge on any atom is -0.382 e. The van der Waals surface area contributed by atoms with Crippen LogP contribution in [0, 0.1) is 0 Å². The lowest BCUT2D eigenvalue weighted by Crippen LogP contribution is -2.38. The highest BCUT2D eigenvalue weighted by Crippen LogP contribution is 2.35. The van der Waals surface area contributed by atoms with Crippen LogP contribution < -0.4 is 16.0 Å². The third-order valence-corrected chi connectivity index (χ3v) is 5.36. The van der Waals surface area contributed by atoms with Gasteiger partial charge in [-0.25, -0.2) is 0 Å². The van der Waals surface area contributed by atoms with E-state index in [4.69, 9.17) is 5.73 Å². The maximum Gasteiger partial charge on any atom is 0.258 e. The highest BCUT2D eigenvalue weighted by molar-refractivity contribution is 7.11. The Morgan fingerprint density at radius 1 is 1.33 bits per heavy atom. The van der Waals surface area contributed by atoms with Crippen LogP contribution in [0.2, 0.25) is 0 Å². The van der Waals surface area contributed by atoms with Crippen molar-refractivity contribution in [3.63, 3.8) is 0 Å². The largest absolute Gasteiger partial charge is 0.382 e. The van der Waals surface area contributed by atoms with Crippen LogP contribution in [0.1, 0.15) is 62.2 Å². The Labute approximate surface area is 130 Å². The van der Waals surface area contributed by atoms with Gasteiger partial charge >= 0.3 is 0 Å². The summed E-state index contributed by atoms with van der Waals surface area (Å²) in [5, 5.41) is 4.00. The molecule has 3 rings (SSSR count). The van der Waals surface area contributed by atoms with Gasteiger partial charge in [0.1, 0.15) is 10.6 Å². The first-order valence-corrected chi connectivity index (χ1v) is 8.80. The SMILES string of the molecule is CCN(c1snc(N)c1C(=O)NC1CC1)C1CCCCC1. The van der Waals surface area contributed by atoms with E-state index in [1.165, 1.54) is 43.6 Å². The van der Waals surface area contributed by atoms with Crippen molar-refractivity contribution in [1.82, 2.24) is 9.69 Å². The Morgan fingerprint density at radius 3 is 2.67 bits per heavy atom. The van der Waals surface area contributed by atoms with E-state index in [1.807, 2.05) is 0 Å². The second-order valence-corrected chi connectivity index (χ2v) is 6.83. The van der Waals surface area contributed by atoms with Crippen molar-refractivity contribution in [1.29, 1.82) is 0 Å². The molecule has 1 amide bonds. The molecule has 2 aliphatic carbocycles. The molecule has 2 saturated carbocycles. The number of carbonyl (C=O) groups is 1. The summed E-state index contributed by atoms with van der Waals surface area (Å²) >= 11 is 1.37. The van der Waals surface area contributed by atoms with Crippen LogP contribution in [0.25, 0.3) is 0 Å². The number of nitrogen functional groups attached to an aromatic ring is 1. The van der Waals surface area contributed by atoms with E-state index in [-0.39, 0.29) is 5.91 Å². The van der Waals surface area contributed by atoms with Crippen molar-refractivity contribution >= 4 is 28.3 Å². The molecule has 116 valence electrons. The highest BCUT2D eigenvalue weighted by Gasteiger charge is 2.31. The van der Waals surface area contributed by atoms with Gasteiger partial charge in [0.15, 0.2) is 5.82 Å². The molecular weight excluding hydrogens is 284 g/mol. The maximum absolute atomic E-state index is 12.4. The molecule has 0 aliphatic heterocycles. The normalized spacial score (nSPS) is 19.5. The Morgan fingerprint density at radius 2 is 2.05 bits per heavy atom. The molecule has 6 heteroatoms. The van der Waals surface area contributed by atoms with Crippen LogP contribution in [-0.4, -0.2) is 28.9 Å². The molecular formula is C15H24N4OS. The highest BCUT2D eigenvalue weighted by atomic mass is 32.1. The minimum absolute atomic E-state index is 0.0481. The molecule has 0 spiro atoms. The predicted molar refractivity (Wildman–Crippen MR) is 86.9 cm³/mol. The van der Waals surface area contributed by atoms with E-state index in [0.29, 0.717) is 23.5 Å². The third kappa shape index (κ3) is 3.15. The number of amides is 1. The van der Waals surface area contributed by atoms with E-state index in [2.05, 4.69) is 21.5 Å². The molecule has 21 heavy (non-hydrogen) atoms. The number of aromatic nitrogens is 1. The number of nitrogens with one attached hydrogen (secondary N) is 1. The summed E-state index contributed by atoms with van der Waals surface area (Å²) in [5.41, 5.74) is 6.57. The van der Waals surface area contributed by atoms with Gasteiger partial charge in [0.2, 0.25) is 0 Å². The zero-order chi connectivity index (χ0) is 14.8. The number of hydrogen-bond acceptors (Lipinski definition) is 5. The summed E-state index contributed by atoms with van der Waals surface area (Å²) < 4.78 is 4.25. The van der Waals surface area contributed by atoms with Gasteiger partial charge < -0.3 is 16.0 Å². The van der Waals surface area contributed by atoms with Crippen molar-refractivity contribution in [2.24, 2.45) is 0 Å². The summed E-state index contributed by atoms with van der Waals surface area (Å²) in [6.07, 6.45) is 8.45. The number of rotatable bonds is 5. The second kappa shape index (κ2) is 6.22. The molecule has 0 saturated heterocycles. The molecule has 0 radical (unpaired) electrons. The first-order chi connectivity index (χ1) is 10.2. The fraction of sp³-hybridized carbons (Fsp3) is 0.733. The van der Waals surface area contributed by atoms with Gasteiger partial charge in [-0.2, -0.15) is 4.37 Å². The van der Waals surface area contributed by atoms with Crippen molar-refractivity contribution in [2.45, 2.75) is 64.0 Å². The lowest BCUT2D eigenvalue weighted by Gasteiger charge is -2.34. The second-order valence-electron chi connectivity index (χ2n) is 6.07. The van der Waals surface area contributed by atoms with Crippen LogP contribution in [0.4, 0.5) is 10.8 Å². The average Bonchev–Trinajstić information content (AvgIpc) is 3.22. The first-order valence-electron chi connectivity index (χ1n) is 8.03. The number of carbonyl (C=O) groups excluding carboxylic acids is 1. The van der Waals surface area contributed by atoms with Gasteiger partial charge in [-0.15, -0.1) is 0 Å². The number of nitrogens with zero attached hydrogens (tertiary/aromatic N) is 2. The Hall–Kier alpha value is -1.30. The van der Waals surface area contributed by atoms with Crippen molar-refractivity contribution in [2.75, 3.05) is 17.2 Å². The van der Waals surface area contributed by atoms with Gasteiger partial charge in [0.25, 0.3) is 5.91 Å². The average molecular weight is 308 g/mol. The van der Waals surface area contributed by atoms with E-state index < -0.39 is 0 Å². The van der Waals surface area contributed by atoms with Gasteiger partial charge in [0, 0.05) is 18.6 Å². The Kier molecular flexibility index (Phi) is 4.33.